The van der Waals surface area contributed by atoms with E-state index in [-0.39, 0.29) is 5.02 Å². The van der Waals surface area contributed by atoms with E-state index >= 15 is 0 Å². The summed E-state index contributed by atoms with van der Waals surface area (Å²) in [5.74, 6) is 1.08. The van der Waals surface area contributed by atoms with Gasteiger partial charge in [-0.2, -0.15) is 13.2 Å². The van der Waals surface area contributed by atoms with Crippen LogP contribution in [0.4, 0.5) is 19.0 Å². The lowest BCUT2D eigenvalue weighted by atomic mass is 10.2. The van der Waals surface area contributed by atoms with Crippen LogP contribution in [0, 0.1) is 6.92 Å². The van der Waals surface area contributed by atoms with Gasteiger partial charge in [-0.25, -0.2) is 9.97 Å². The molecule has 4 nitrogen and oxygen atoms in total. The van der Waals surface area contributed by atoms with Gasteiger partial charge in [0.25, 0.3) is 0 Å². The number of hydrogen-bond donors (Lipinski definition) is 1. The van der Waals surface area contributed by atoms with Crippen LogP contribution in [0.2, 0.25) is 10.0 Å². The van der Waals surface area contributed by atoms with Crippen molar-refractivity contribution in [3.8, 4) is 0 Å². The highest BCUT2D eigenvalue weighted by molar-refractivity contribution is 6.33. The third-order valence-electron chi connectivity index (χ3n) is 3.27. The van der Waals surface area contributed by atoms with Crippen molar-refractivity contribution in [2.24, 2.45) is 0 Å². The number of nitrogens with one attached hydrogen (secondary N) is 1. The van der Waals surface area contributed by atoms with Crippen molar-refractivity contribution in [2.75, 3.05) is 11.9 Å². The Kier molecular flexibility index (Phi) is 5.87. The van der Waals surface area contributed by atoms with Gasteiger partial charge >= 0.3 is 6.18 Å². The summed E-state index contributed by atoms with van der Waals surface area (Å²) in [4.78, 5) is 12.3. The van der Waals surface area contributed by atoms with E-state index in [4.69, 9.17) is 23.2 Å². The summed E-state index contributed by atoms with van der Waals surface area (Å²) in [5.41, 5.74) is 0.235. The largest absolute Gasteiger partial charge is 0.417 e. The molecule has 0 bridgehead atoms. The molecule has 2 aromatic rings. The zero-order chi connectivity index (χ0) is 17.9. The number of aromatic nitrogens is 3. The van der Waals surface area contributed by atoms with Crippen LogP contribution in [0.1, 0.15) is 29.7 Å². The predicted octanol–water partition coefficient (Wildman–Crippen LogP) is 4.72. The van der Waals surface area contributed by atoms with Crippen molar-refractivity contribution in [3.05, 3.63) is 45.1 Å². The Morgan fingerprint density at radius 1 is 1.17 bits per heavy atom. The number of alkyl halides is 3. The molecule has 0 atom stereocenters. The lowest BCUT2D eigenvalue weighted by Crippen LogP contribution is -2.12. The SMILES string of the molecule is CCc1nc(C)nc(NCCc2ncc(C(F)(F)F)cc2Cl)c1Cl. The molecule has 0 aromatic carbocycles. The zero-order valence-corrected chi connectivity index (χ0v) is 14.5. The molecule has 0 aliphatic carbocycles. The van der Waals surface area contributed by atoms with E-state index in [9.17, 15) is 13.2 Å². The molecular weight excluding hydrogens is 364 g/mol. The van der Waals surface area contributed by atoms with Crippen LogP contribution in [-0.4, -0.2) is 21.5 Å². The fourth-order valence-electron chi connectivity index (χ4n) is 2.07. The van der Waals surface area contributed by atoms with Gasteiger partial charge in [0.2, 0.25) is 0 Å². The normalized spacial score (nSPS) is 11.6. The molecule has 0 radical (unpaired) electrons. The molecule has 9 heteroatoms. The summed E-state index contributed by atoms with van der Waals surface area (Å²) >= 11 is 12.1. The third kappa shape index (κ3) is 4.48. The van der Waals surface area contributed by atoms with Crippen LogP contribution >= 0.6 is 23.2 Å². The molecule has 1 N–H and O–H groups in total. The molecule has 0 saturated heterocycles. The fourth-order valence-corrected chi connectivity index (χ4v) is 2.62. The Bertz CT molecular complexity index is 735. The Labute approximate surface area is 147 Å². The molecule has 2 heterocycles. The van der Waals surface area contributed by atoms with Crippen LogP contribution in [0.3, 0.4) is 0 Å². The standard InChI is InChI=1S/C15H15Cl2F3N4/c1-3-11-13(17)14(24-8(2)23-11)21-5-4-12-10(16)6-9(7-22-12)15(18,19)20/h6-7H,3-5H2,1-2H3,(H,21,23,24). The minimum atomic E-state index is -4.46. The second-order valence-electron chi connectivity index (χ2n) is 5.06. The van der Waals surface area contributed by atoms with Crippen LogP contribution in [0.15, 0.2) is 12.3 Å². The molecule has 0 amide bonds. The average molecular weight is 379 g/mol. The Hall–Kier alpha value is -1.60. The maximum absolute atomic E-state index is 12.6. The topological polar surface area (TPSA) is 50.7 Å². The summed E-state index contributed by atoms with van der Waals surface area (Å²) < 4.78 is 37.8. The third-order valence-corrected chi connectivity index (χ3v) is 3.99. The van der Waals surface area contributed by atoms with Crippen LogP contribution in [-0.2, 0) is 19.0 Å². The maximum Gasteiger partial charge on any atom is 0.417 e. The van der Waals surface area contributed by atoms with Crippen LogP contribution in [0.25, 0.3) is 0 Å². The molecule has 0 unspecified atom stereocenters. The van der Waals surface area contributed by atoms with Gasteiger partial charge in [-0.15, -0.1) is 0 Å². The maximum atomic E-state index is 12.6. The average Bonchev–Trinajstić information content (AvgIpc) is 2.50. The van der Waals surface area contributed by atoms with Gasteiger partial charge < -0.3 is 5.32 Å². The molecule has 0 saturated carbocycles. The van der Waals surface area contributed by atoms with E-state index in [2.05, 4.69) is 20.3 Å². The molecule has 0 aliphatic rings. The molecule has 0 fully saturated rings. The van der Waals surface area contributed by atoms with Gasteiger partial charge in [-0.1, -0.05) is 30.1 Å². The van der Waals surface area contributed by atoms with Crippen LogP contribution < -0.4 is 5.32 Å². The summed E-state index contributed by atoms with van der Waals surface area (Å²) in [6, 6.07) is 0.876. The summed E-state index contributed by atoms with van der Waals surface area (Å²) in [5, 5.41) is 3.46. The predicted molar refractivity (Wildman–Crippen MR) is 87.6 cm³/mol. The molecule has 24 heavy (non-hydrogen) atoms. The number of pyridine rings is 1. The van der Waals surface area contributed by atoms with E-state index in [1.165, 1.54) is 0 Å². The summed E-state index contributed by atoms with van der Waals surface area (Å²) in [6.45, 7) is 4.07. The number of aryl methyl sites for hydroxylation is 2. The Balaban J connectivity index is 2.06. The van der Waals surface area contributed by atoms with Gasteiger partial charge in [0.1, 0.15) is 16.7 Å². The van der Waals surface area contributed by atoms with Crippen molar-refractivity contribution in [1.29, 1.82) is 0 Å². The van der Waals surface area contributed by atoms with Crippen molar-refractivity contribution in [2.45, 2.75) is 32.9 Å². The Morgan fingerprint density at radius 2 is 1.88 bits per heavy atom. The first-order chi connectivity index (χ1) is 11.2. The molecule has 0 spiro atoms. The van der Waals surface area contributed by atoms with Gasteiger partial charge in [0, 0.05) is 19.2 Å². The smallest absolute Gasteiger partial charge is 0.368 e. The van der Waals surface area contributed by atoms with E-state index < -0.39 is 11.7 Å². The first-order valence-corrected chi connectivity index (χ1v) is 7.96. The van der Waals surface area contributed by atoms with Gasteiger partial charge in [-0.05, 0) is 19.4 Å². The lowest BCUT2D eigenvalue weighted by molar-refractivity contribution is -0.137. The second-order valence-corrected chi connectivity index (χ2v) is 5.85. The fraction of sp³-hybridized carbons (Fsp3) is 0.400. The van der Waals surface area contributed by atoms with Crippen molar-refractivity contribution in [1.82, 2.24) is 15.0 Å². The van der Waals surface area contributed by atoms with Gasteiger partial charge in [0.05, 0.1) is 22.0 Å². The van der Waals surface area contributed by atoms with Crippen molar-refractivity contribution < 1.29 is 13.2 Å². The van der Waals surface area contributed by atoms with Gasteiger partial charge in [-0.3, -0.25) is 4.98 Å². The monoisotopic (exact) mass is 378 g/mol. The molecule has 130 valence electrons. The molecular formula is C15H15Cl2F3N4. The van der Waals surface area contributed by atoms with Crippen LogP contribution in [0.5, 0.6) is 0 Å². The molecule has 2 rings (SSSR count). The van der Waals surface area contributed by atoms with E-state index in [1.54, 1.807) is 6.92 Å². The number of rotatable bonds is 5. The Morgan fingerprint density at radius 3 is 2.46 bits per heavy atom. The highest BCUT2D eigenvalue weighted by Gasteiger charge is 2.31. The number of nitrogens with zero attached hydrogens (tertiary/aromatic N) is 3. The molecule has 2 aromatic heterocycles. The second kappa shape index (κ2) is 7.53. The van der Waals surface area contributed by atoms with Gasteiger partial charge in [0.15, 0.2) is 0 Å². The van der Waals surface area contributed by atoms with Crippen molar-refractivity contribution in [3.63, 3.8) is 0 Å². The van der Waals surface area contributed by atoms with E-state index in [1.807, 2.05) is 6.92 Å². The number of anilines is 1. The van der Waals surface area contributed by atoms with E-state index in [0.717, 1.165) is 18.0 Å². The first kappa shape index (κ1) is 18.7. The molecule has 0 aliphatic heterocycles. The lowest BCUT2D eigenvalue weighted by Gasteiger charge is -2.12. The summed E-state index contributed by atoms with van der Waals surface area (Å²) in [7, 11) is 0. The number of hydrogen-bond acceptors (Lipinski definition) is 4. The van der Waals surface area contributed by atoms with E-state index in [0.29, 0.717) is 41.7 Å². The summed E-state index contributed by atoms with van der Waals surface area (Å²) in [6.07, 6.45) is -2.69. The number of halogens is 5. The minimum absolute atomic E-state index is 0.0224. The zero-order valence-electron chi connectivity index (χ0n) is 13.0. The highest BCUT2D eigenvalue weighted by Crippen LogP contribution is 2.31. The minimum Gasteiger partial charge on any atom is -0.368 e. The first-order valence-electron chi connectivity index (χ1n) is 7.20. The van der Waals surface area contributed by atoms with Crippen molar-refractivity contribution >= 4 is 29.0 Å². The quantitative estimate of drug-likeness (QED) is 0.817. The highest BCUT2D eigenvalue weighted by atomic mass is 35.5.